The number of nitrogens with two attached hydrogens (primary N) is 1. The van der Waals surface area contributed by atoms with Crippen molar-refractivity contribution in [2.45, 2.75) is 19.6 Å². The van der Waals surface area contributed by atoms with Crippen LogP contribution in [0.5, 0.6) is 0 Å². The lowest BCUT2D eigenvalue weighted by molar-refractivity contribution is 1.19. The molecule has 0 radical (unpaired) electrons. The van der Waals surface area contributed by atoms with Gasteiger partial charge < -0.3 is 5.73 Å². The SMILES string of the molecule is C[Si](C)(C)C#Cc1cncc(N)n1. The predicted molar refractivity (Wildman–Crippen MR) is 56.7 cm³/mol. The highest BCUT2D eigenvalue weighted by Crippen LogP contribution is 1.99. The first kappa shape index (κ1) is 9.74. The van der Waals surface area contributed by atoms with E-state index in [0.29, 0.717) is 11.5 Å². The molecule has 0 amide bonds. The molecule has 0 saturated heterocycles. The van der Waals surface area contributed by atoms with Crippen LogP contribution in [0.3, 0.4) is 0 Å². The minimum Gasteiger partial charge on any atom is -0.382 e. The Kier molecular flexibility index (Phi) is 2.68. The summed E-state index contributed by atoms with van der Waals surface area (Å²) in [7, 11) is -1.33. The maximum atomic E-state index is 5.47. The molecule has 0 aromatic carbocycles. The summed E-state index contributed by atoms with van der Waals surface area (Å²) >= 11 is 0. The summed E-state index contributed by atoms with van der Waals surface area (Å²) in [6.45, 7) is 6.54. The number of nitrogens with zero attached hydrogens (tertiary/aromatic N) is 2. The van der Waals surface area contributed by atoms with Crippen molar-refractivity contribution in [2.24, 2.45) is 0 Å². The number of rotatable bonds is 0. The summed E-state index contributed by atoms with van der Waals surface area (Å²) in [5.74, 6) is 3.40. The lowest BCUT2D eigenvalue weighted by Crippen LogP contribution is -2.16. The normalized spacial score (nSPS) is 10.4. The van der Waals surface area contributed by atoms with E-state index in [1.807, 2.05) is 0 Å². The Bertz CT molecular complexity index is 357. The molecule has 0 aliphatic heterocycles. The van der Waals surface area contributed by atoms with Crippen molar-refractivity contribution >= 4 is 13.9 Å². The van der Waals surface area contributed by atoms with Gasteiger partial charge in [0, 0.05) is 0 Å². The van der Waals surface area contributed by atoms with Crippen molar-refractivity contribution in [3.63, 3.8) is 0 Å². The van der Waals surface area contributed by atoms with Gasteiger partial charge in [-0.15, -0.1) is 5.54 Å². The maximum absolute atomic E-state index is 5.47. The van der Waals surface area contributed by atoms with E-state index >= 15 is 0 Å². The molecule has 2 N–H and O–H groups in total. The Labute approximate surface area is 79.4 Å². The highest BCUT2D eigenvalue weighted by atomic mass is 28.3. The second-order valence-corrected chi connectivity index (χ2v) is 8.58. The predicted octanol–water partition coefficient (Wildman–Crippen LogP) is 1.29. The Morgan fingerprint density at radius 3 is 2.54 bits per heavy atom. The second kappa shape index (κ2) is 3.58. The van der Waals surface area contributed by atoms with E-state index in [-0.39, 0.29) is 0 Å². The summed E-state index contributed by atoms with van der Waals surface area (Å²) in [5.41, 5.74) is 9.32. The van der Waals surface area contributed by atoms with Crippen LogP contribution in [0.15, 0.2) is 12.4 Å². The zero-order valence-corrected chi connectivity index (χ0v) is 9.13. The number of aromatic nitrogens is 2. The van der Waals surface area contributed by atoms with E-state index in [2.05, 4.69) is 41.1 Å². The molecule has 0 saturated carbocycles. The zero-order chi connectivity index (χ0) is 9.90. The third-order valence-electron chi connectivity index (χ3n) is 1.22. The summed E-state index contributed by atoms with van der Waals surface area (Å²) in [4.78, 5) is 7.95. The highest BCUT2D eigenvalue weighted by molar-refractivity contribution is 6.83. The molecule has 1 aromatic heterocycles. The molecule has 1 rings (SSSR count). The van der Waals surface area contributed by atoms with E-state index in [4.69, 9.17) is 5.73 Å². The molecule has 13 heavy (non-hydrogen) atoms. The minimum absolute atomic E-state index is 0.419. The number of hydrogen-bond donors (Lipinski definition) is 1. The lowest BCUT2D eigenvalue weighted by atomic mass is 10.5. The van der Waals surface area contributed by atoms with Crippen molar-refractivity contribution < 1.29 is 0 Å². The fourth-order valence-corrected chi connectivity index (χ4v) is 1.20. The summed E-state index contributed by atoms with van der Waals surface area (Å²) in [5, 5.41) is 0. The molecule has 0 fully saturated rings. The van der Waals surface area contributed by atoms with Gasteiger partial charge in [-0.2, -0.15) is 0 Å². The number of nitrogen functional groups attached to an aromatic ring is 1. The molecule has 0 unspecified atom stereocenters. The Morgan fingerprint density at radius 2 is 2.00 bits per heavy atom. The molecule has 0 aliphatic carbocycles. The largest absolute Gasteiger partial charge is 0.382 e. The standard InChI is InChI=1S/C9H13N3Si/c1-13(2,3)5-4-8-6-11-7-9(10)12-8/h6-7H,1-3H3,(H2,10,12). The van der Waals surface area contributed by atoms with Gasteiger partial charge in [0.1, 0.15) is 19.6 Å². The van der Waals surface area contributed by atoms with E-state index in [0.717, 1.165) is 0 Å². The summed E-state index contributed by atoms with van der Waals surface area (Å²) in [6.07, 6.45) is 3.14. The minimum atomic E-state index is -1.33. The van der Waals surface area contributed by atoms with E-state index in [9.17, 15) is 0 Å². The maximum Gasteiger partial charge on any atom is 0.143 e. The molecule has 68 valence electrons. The van der Waals surface area contributed by atoms with Gasteiger partial charge in [0.05, 0.1) is 12.4 Å². The molecule has 0 spiro atoms. The molecule has 1 aromatic rings. The van der Waals surface area contributed by atoms with Gasteiger partial charge in [0.2, 0.25) is 0 Å². The van der Waals surface area contributed by atoms with Crippen LogP contribution in [0.1, 0.15) is 5.69 Å². The fraction of sp³-hybridized carbons (Fsp3) is 0.333. The third-order valence-corrected chi connectivity index (χ3v) is 2.09. The van der Waals surface area contributed by atoms with Crippen molar-refractivity contribution in [2.75, 3.05) is 5.73 Å². The summed E-state index contributed by atoms with van der Waals surface area (Å²) < 4.78 is 0. The average molecular weight is 191 g/mol. The fourth-order valence-electron chi connectivity index (χ4n) is 0.693. The third kappa shape index (κ3) is 3.72. The Hall–Kier alpha value is -1.34. The van der Waals surface area contributed by atoms with Crippen LogP contribution in [0, 0.1) is 11.5 Å². The molecule has 4 heteroatoms. The molecular formula is C9H13N3Si. The average Bonchev–Trinajstić information content (AvgIpc) is 2.00. The lowest BCUT2D eigenvalue weighted by Gasteiger charge is -2.02. The monoisotopic (exact) mass is 191 g/mol. The Balaban J connectivity index is 2.90. The number of hydrogen-bond acceptors (Lipinski definition) is 3. The van der Waals surface area contributed by atoms with Crippen molar-refractivity contribution in [1.29, 1.82) is 0 Å². The van der Waals surface area contributed by atoms with Crippen molar-refractivity contribution in [1.82, 2.24) is 9.97 Å². The first-order valence-electron chi connectivity index (χ1n) is 4.08. The van der Waals surface area contributed by atoms with E-state index in [1.165, 1.54) is 6.20 Å². The molecule has 0 aliphatic rings. The highest BCUT2D eigenvalue weighted by Gasteiger charge is 2.07. The van der Waals surface area contributed by atoms with Crippen LogP contribution in [0.2, 0.25) is 19.6 Å². The van der Waals surface area contributed by atoms with Crippen molar-refractivity contribution in [3.8, 4) is 11.5 Å². The van der Waals surface area contributed by atoms with Crippen LogP contribution in [0.4, 0.5) is 5.82 Å². The van der Waals surface area contributed by atoms with Gasteiger partial charge >= 0.3 is 0 Å². The van der Waals surface area contributed by atoms with Gasteiger partial charge in [0.15, 0.2) is 0 Å². The first-order chi connectivity index (χ1) is 5.97. The summed E-state index contributed by atoms with van der Waals surface area (Å²) in [6, 6.07) is 0. The molecule has 0 bridgehead atoms. The van der Waals surface area contributed by atoms with Crippen LogP contribution < -0.4 is 5.73 Å². The molecule has 0 atom stereocenters. The molecule has 3 nitrogen and oxygen atoms in total. The zero-order valence-electron chi connectivity index (χ0n) is 8.13. The van der Waals surface area contributed by atoms with Crippen LogP contribution in [-0.4, -0.2) is 18.0 Å². The van der Waals surface area contributed by atoms with Crippen LogP contribution in [0.25, 0.3) is 0 Å². The van der Waals surface area contributed by atoms with Crippen LogP contribution >= 0.6 is 0 Å². The van der Waals surface area contributed by atoms with Gasteiger partial charge in [0.25, 0.3) is 0 Å². The van der Waals surface area contributed by atoms with Crippen molar-refractivity contribution in [3.05, 3.63) is 18.1 Å². The van der Waals surface area contributed by atoms with Gasteiger partial charge in [-0.1, -0.05) is 25.6 Å². The number of anilines is 1. The molecule has 1 heterocycles. The Morgan fingerprint density at radius 1 is 1.31 bits per heavy atom. The quantitative estimate of drug-likeness (QED) is 0.496. The van der Waals surface area contributed by atoms with Gasteiger partial charge in [-0.05, 0) is 0 Å². The second-order valence-electron chi connectivity index (χ2n) is 3.83. The molecular weight excluding hydrogens is 178 g/mol. The van der Waals surface area contributed by atoms with E-state index in [1.54, 1.807) is 6.20 Å². The smallest absolute Gasteiger partial charge is 0.143 e. The van der Waals surface area contributed by atoms with E-state index < -0.39 is 8.07 Å². The van der Waals surface area contributed by atoms with Crippen LogP contribution in [-0.2, 0) is 0 Å². The van der Waals surface area contributed by atoms with Gasteiger partial charge in [-0.25, -0.2) is 4.98 Å². The van der Waals surface area contributed by atoms with Gasteiger partial charge in [-0.3, -0.25) is 4.98 Å². The first-order valence-corrected chi connectivity index (χ1v) is 7.58. The topological polar surface area (TPSA) is 51.8 Å².